The maximum Gasteiger partial charge on any atom is 0.228 e. The van der Waals surface area contributed by atoms with Gasteiger partial charge < -0.3 is 14.2 Å². The van der Waals surface area contributed by atoms with Crippen molar-refractivity contribution in [3.63, 3.8) is 0 Å². The number of hydrogen-bond donors (Lipinski definition) is 1. The van der Waals surface area contributed by atoms with Crippen molar-refractivity contribution in [1.82, 2.24) is 14.5 Å². The van der Waals surface area contributed by atoms with E-state index in [1.807, 2.05) is 66.9 Å². The third-order valence-electron chi connectivity index (χ3n) is 8.47. The van der Waals surface area contributed by atoms with Gasteiger partial charge in [-0.1, -0.05) is 84.0 Å². The maximum absolute atomic E-state index is 14.1. The van der Waals surface area contributed by atoms with Gasteiger partial charge in [-0.2, -0.15) is 0 Å². The largest absolute Gasteiger partial charge is 0.337 e. The summed E-state index contributed by atoms with van der Waals surface area (Å²) in [6.45, 7) is 13.3. The van der Waals surface area contributed by atoms with E-state index in [4.69, 9.17) is 0 Å². The van der Waals surface area contributed by atoms with Crippen LogP contribution in [0.15, 0.2) is 108 Å². The SMILES string of the molecule is CC.CCc1cccc(NSC2CCC(C)(C)C3=C=CC=C(N(Cc4nccn4C)C(=O)C[C@H](C)c4ccccc4)C=C32)c1. The Morgan fingerprint density at radius 2 is 1.95 bits per heavy atom. The Kier molecular flexibility index (Phi) is 11.5. The molecule has 2 aliphatic carbocycles. The number of carbonyl (C=O) groups is 1. The molecule has 1 N–H and O–H groups in total. The molecule has 44 heavy (non-hydrogen) atoms. The fourth-order valence-corrected chi connectivity index (χ4v) is 6.71. The summed E-state index contributed by atoms with van der Waals surface area (Å²) in [5.74, 6) is 1.04. The molecule has 0 radical (unpaired) electrons. The first kappa shape index (κ1) is 33.2. The molecule has 5 nitrogen and oxygen atoms in total. The number of nitrogens with zero attached hydrogens (tertiary/aromatic N) is 3. The molecule has 6 heteroatoms. The highest BCUT2D eigenvalue weighted by atomic mass is 32.2. The second-order valence-electron chi connectivity index (χ2n) is 12.0. The standard InChI is InChI=1S/C36H42N4OS.C2H6/c1-6-27-12-10-15-29(23-27)38-42-33-18-19-36(3,4)32-17-11-16-30(24-31(32)33)40(25-34-37-20-21-39(34)5)35(41)22-26(2)28-13-8-7-9-14-28;1-2/h7-16,20-21,23-24,26,33,38H,6,18-19,22,25H2,1-5H3;1-2H3/t26-,33?;/m0./s1. The summed E-state index contributed by atoms with van der Waals surface area (Å²) in [5.41, 5.74) is 10.6. The maximum atomic E-state index is 14.1. The molecule has 1 amide bonds. The summed E-state index contributed by atoms with van der Waals surface area (Å²) in [6, 6.07) is 18.9. The molecular weight excluding hydrogens is 561 g/mol. The van der Waals surface area contributed by atoms with E-state index in [0.717, 1.165) is 36.5 Å². The van der Waals surface area contributed by atoms with E-state index in [0.29, 0.717) is 13.0 Å². The van der Waals surface area contributed by atoms with E-state index in [1.54, 1.807) is 18.1 Å². The van der Waals surface area contributed by atoms with Crippen LogP contribution in [0.5, 0.6) is 0 Å². The molecule has 1 fully saturated rings. The lowest BCUT2D eigenvalue weighted by atomic mass is 9.70. The lowest BCUT2D eigenvalue weighted by Gasteiger charge is -2.38. The minimum atomic E-state index is 0.00114. The van der Waals surface area contributed by atoms with Gasteiger partial charge in [0, 0.05) is 42.8 Å². The van der Waals surface area contributed by atoms with E-state index < -0.39 is 0 Å². The van der Waals surface area contributed by atoms with E-state index in [2.05, 4.69) is 85.6 Å². The minimum absolute atomic E-state index is 0.00114. The number of aryl methyl sites for hydroxylation is 2. The fourth-order valence-electron chi connectivity index (χ4n) is 5.76. The molecule has 1 aromatic heterocycles. The number of anilines is 1. The van der Waals surface area contributed by atoms with Crippen molar-refractivity contribution in [3.05, 3.63) is 125 Å². The van der Waals surface area contributed by atoms with Gasteiger partial charge in [-0.3, -0.25) is 4.79 Å². The number of fused-ring (bicyclic) bond motifs is 1. The first-order valence-electron chi connectivity index (χ1n) is 16.0. The number of aromatic nitrogens is 2. The van der Waals surface area contributed by atoms with E-state index in [1.165, 1.54) is 22.3 Å². The molecule has 1 unspecified atom stereocenters. The van der Waals surface area contributed by atoms with Crippen molar-refractivity contribution in [3.8, 4) is 0 Å². The van der Waals surface area contributed by atoms with Crippen LogP contribution in [0.3, 0.4) is 0 Å². The van der Waals surface area contributed by atoms with Gasteiger partial charge in [-0.05, 0) is 89.6 Å². The summed E-state index contributed by atoms with van der Waals surface area (Å²) >= 11 is 1.76. The summed E-state index contributed by atoms with van der Waals surface area (Å²) in [6.07, 6.45) is 13.6. The predicted molar refractivity (Wildman–Crippen MR) is 186 cm³/mol. The average Bonchev–Trinajstić information content (AvgIpc) is 3.30. The third kappa shape index (κ3) is 8.05. The normalized spacial score (nSPS) is 17.5. The molecule has 5 rings (SSSR count). The van der Waals surface area contributed by atoms with Crippen LogP contribution in [-0.2, 0) is 24.8 Å². The Balaban J connectivity index is 0.00000216. The zero-order valence-electron chi connectivity index (χ0n) is 27.4. The van der Waals surface area contributed by atoms with Crippen LogP contribution in [0.4, 0.5) is 5.69 Å². The second-order valence-corrected chi connectivity index (χ2v) is 13.0. The Morgan fingerprint density at radius 3 is 2.66 bits per heavy atom. The number of hydrogen-bond acceptors (Lipinski definition) is 4. The number of nitrogens with one attached hydrogen (secondary N) is 1. The van der Waals surface area contributed by atoms with Gasteiger partial charge in [0.2, 0.25) is 5.91 Å². The summed E-state index contributed by atoms with van der Waals surface area (Å²) in [5, 5.41) is 0.231. The van der Waals surface area contributed by atoms with Gasteiger partial charge in [-0.15, -0.1) is 5.73 Å². The Bertz CT molecular complexity index is 1540. The van der Waals surface area contributed by atoms with Gasteiger partial charge in [-0.25, -0.2) is 4.98 Å². The smallest absolute Gasteiger partial charge is 0.228 e. The molecule has 3 aromatic rings. The monoisotopic (exact) mass is 608 g/mol. The number of imidazole rings is 1. The molecule has 2 atom stereocenters. The average molecular weight is 609 g/mol. The van der Waals surface area contributed by atoms with Crippen LogP contribution in [0, 0.1) is 5.41 Å². The zero-order valence-corrected chi connectivity index (χ0v) is 28.2. The van der Waals surface area contributed by atoms with Gasteiger partial charge in [0.1, 0.15) is 5.82 Å². The molecule has 0 spiro atoms. The first-order chi connectivity index (χ1) is 21.2. The molecule has 0 saturated heterocycles. The van der Waals surface area contributed by atoms with E-state index >= 15 is 0 Å². The molecule has 0 bridgehead atoms. The lowest BCUT2D eigenvalue weighted by Crippen LogP contribution is -2.33. The minimum Gasteiger partial charge on any atom is -0.337 e. The third-order valence-corrected chi connectivity index (χ3v) is 9.59. The Hall–Kier alpha value is -3.73. The quantitative estimate of drug-likeness (QED) is 0.184. The number of amides is 1. The molecule has 1 heterocycles. The second kappa shape index (κ2) is 15.3. The van der Waals surface area contributed by atoms with Gasteiger partial charge in [0.15, 0.2) is 0 Å². The van der Waals surface area contributed by atoms with E-state index in [9.17, 15) is 4.79 Å². The van der Waals surface area contributed by atoms with Gasteiger partial charge in [0.05, 0.1) is 11.8 Å². The van der Waals surface area contributed by atoms with Crippen LogP contribution in [0.1, 0.15) is 83.7 Å². The molecule has 0 aliphatic heterocycles. The number of benzene rings is 2. The molecule has 2 aromatic carbocycles. The van der Waals surface area contributed by atoms with Crippen molar-refractivity contribution < 1.29 is 4.79 Å². The number of rotatable bonds is 10. The summed E-state index contributed by atoms with van der Waals surface area (Å²) < 4.78 is 5.62. The molecule has 232 valence electrons. The van der Waals surface area contributed by atoms with Crippen LogP contribution in [-0.4, -0.2) is 25.6 Å². The Morgan fingerprint density at radius 1 is 1.18 bits per heavy atom. The van der Waals surface area contributed by atoms with E-state index in [-0.39, 0.29) is 22.5 Å². The van der Waals surface area contributed by atoms with Crippen LogP contribution in [0.25, 0.3) is 0 Å². The Labute approximate surface area is 269 Å². The molecule has 2 aliphatic rings. The molecule has 1 saturated carbocycles. The topological polar surface area (TPSA) is 50.2 Å². The fraction of sp³-hybridized carbons (Fsp3) is 0.395. The van der Waals surface area contributed by atoms with Crippen molar-refractivity contribution in [2.75, 3.05) is 4.72 Å². The highest BCUT2D eigenvalue weighted by Crippen LogP contribution is 2.47. The zero-order chi connectivity index (χ0) is 31.7. The van der Waals surface area contributed by atoms with Crippen LogP contribution < -0.4 is 4.72 Å². The highest BCUT2D eigenvalue weighted by Gasteiger charge is 2.37. The first-order valence-corrected chi connectivity index (χ1v) is 16.8. The molecular formula is C38H48N4OS. The van der Waals surface area contributed by atoms with Gasteiger partial charge >= 0.3 is 0 Å². The summed E-state index contributed by atoms with van der Waals surface area (Å²) in [4.78, 5) is 20.6. The predicted octanol–water partition coefficient (Wildman–Crippen LogP) is 9.39. The van der Waals surface area contributed by atoms with Crippen molar-refractivity contribution in [1.29, 1.82) is 0 Å². The van der Waals surface area contributed by atoms with Crippen LogP contribution in [0.2, 0.25) is 0 Å². The summed E-state index contributed by atoms with van der Waals surface area (Å²) in [7, 11) is 1.98. The number of carbonyl (C=O) groups excluding carboxylic acids is 1. The van der Waals surface area contributed by atoms with Gasteiger partial charge in [0.25, 0.3) is 0 Å². The van der Waals surface area contributed by atoms with Crippen molar-refractivity contribution in [2.45, 2.75) is 84.9 Å². The lowest BCUT2D eigenvalue weighted by molar-refractivity contribution is -0.130. The van der Waals surface area contributed by atoms with Crippen molar-refractivity contribution in [2.24, 2.45) is 12.5 Å². The van der Waals surface area contributed by atoms with Crippen molar-refractivity contribution >= 4 is 23.5 Å². The number of allylic oxidation sites excluding steroid dienone is 3. The highest BCUT2D eigenvalue weighted by molar-refractivity contribution is 8.01. The van der Waals surface area contributed by atoms with Crippen LogP contribution >= 0.6 is 11.9 Å².